The quantitative estimate of drug-likeness (QED) is 0.0458. The number of unbranched alkanes of at least 4 members (excludes halogenated alkanes) is 46. The molecule has 0 aromatic carbocycles. The molecule has 3 atom stereocenters. The van der Waals surface area contributed by atoms with Crippen molar-refractivity contribution in [3.63, 3.8) is 0 Å². The van der Waals surface area contributed by atoms with Crippen LogP contribution in [0.3, 0.4) is 0 Å². The van der Waals surface area contributed by atoms with Crippen molar-refractivity contribution in [3.05, 3.63) is 0 Å². The Balaban J connectivity index is 3.46. The number of hydrogen-bond acceptors (Lipinski definition) is 4. The average Bonchev–Trinajstić information content (AvgIpc) is 3.28. The van der Waals surface area contributed by atoms with Crippen molar-refractivity contribution in [3.8, 4) is 0 Å². The van der Waals surface area contributed by atoms with E-state index in [1.165, 1.54) is 276 Å². The van der Waals surface area contributed by atoms with Gasteiger partial charge in [0.2, 0.25) is 5.91 Å². The number of carbonyl (C=O) groups is 1. The van der Waals surface area contributed by atoms with Crippen LogP contribution in [0, 0.1) is 0 Å². The molecule has 4 N–H and O–H groups in total. The maximum absolute atomic E-state index is 12.6. The molecule has 0 saturated heterocycles. The largest absolute Gasteiger partial charge is 0.394 e. The second kappa shape index (κ2) is 53.0. The Morgan fingerprint density at radius 2 is 0.516 bits per heavy atom. The van der Waals surface area contributed by atoms with E-state index in [9.17, 15) is 20.1 Å². The van der Waals surface area contributed by atoms with Gasteiger partial charge < -0.3 is 20.6 Å². The van der Waals surface area contributed by atoms with Crippen LogP contribution in [0.5, 0.6) is 0 Å². The monoisotopic (exact) mass is 878 g/mol. The van der Waals surface area contributed by atoms with Gasteiger partial charge in [0, 0.05) is 0 Å². The summed E-state index contributed by atoms with van der Waals surface area (Å²) < 4.78 is 0. The molecule has 0 heterocycles. The van der Waals surface area contributed by atoms with Crippen molar-refractivity contribution < 1.29 is 20.1 Å². The average molecular weight is 879 g/mol. The number of carbonyl (C=O) groups excluding carboxylic acids is 1. The third-order valence-corrected chi connectivity index (χ3v) is 14.0. The van der Waals surface area contributed by atoms with E-state index in [1.54, 1.807) is 0 Å². The van der Waals surface area contributed by atoms with E-state index in [1.807, 2.05) is 0 Å². The van der Waals surface area contributed by atoms with Crippen LogP contribution in [0.15, 0.2) is 0 Å². The molecule has 62 heavy (non-hydrogen) atoms. The Labute approximate surface area is 389 Å². The normalized spacial score (nSPS) is 13.2. The number of aliphatic hydroxyl groups is 3. The molecule has 0 fully saturated rings. The highest BCUT2D eigenvalue weighted by Gasteiger charge is 2.23. The molecule has 0 aliphatic carbocycles. The first-order chi connectivity index (χ1) is 30.6. The van der Waals surface area contributed by atoms with Crippen LogP contribution in [0.25, 0.3) is 0 Å². The fourth-order valence-corrected chi connectivity index (χ4v) is 9.49. The molecule has 0 aromatic rings. The van der Waals surface area contributed by atoms with E-state index < -0.39 is 24.2 Å². The van der Waals surface area contributed by atoms with Gasteiger partial charge in [-0.1, -0.05) is 322 Å². The molecule has 5 nitrogen and oxygen atoms in total. The van der Waals surface area contributed by atoms with Crippen molar-refractivity contribution in [2.75, 3.05) is 6.61 Å². The number of aliphatic hydroxyl groups excluding tert-OH is 3. The lowest BCUT2D eigenvalue weighted by molar-refractivity contribution is -0.131. The molecule has 0 saturated carbocycles. The van der Waals surface area contributed by atoms with Gasteiger partial charge in [-0.25, -0.2) is 0 Å². The third kappa shape index (κ3) is 47.3. The Morgan fingerprint density at radius 1 is 0.323 bits per heavy atom. The van der Waals surface area contributed by atoms with Gasteiger partial charge in [-0.05, 0) is 12.8 Å². The topological polar surface area (TPSA) is 89.8 Å². The molecular formula is C57H115NO4. The molecule has 5 heteroatoms. The van der Waals surface area contributed by atoms with Gasteiger partial charge >= 0.3 is 0 Å². The van der Waals surface area contributed by atoms with Gasteiger partial charge in [-0.2, -0.15) is 0 Å². The van der Waals surface area contributed by atoms with Gasteiger partial charge in [-0.3, -0.25) is 4.79 Å². The first kappa shape index (κ1) is 61.4. The smallest absolute Gasteiger partial charge is 0.249 e. The maximum Gasteiger partial charge on any atom is 0.249 e. The minimum atomic E-state index is -1.07. The summed E-state index contributed by atoms with van der Waals surface area (Å²) in [5.74, 6) is -0.462. The summed E-state index contributed by atoms with van der Waals surface area (Å²) >= 11 is 0. The van der Waals surface area contributed by atoms with Crippen LogP contribution in [-0.4, -0.2) is 46.1 Å². The van der Waals surface area contributed by atoms with E-state index in [0.717, 1.165) is 32.1 Å². The van der Waals surface area contributed by atoms with Crippen molar-refractivity contribution >= 4 is 5.91 Å². The van der Waals surface area contributed by atoms with Crippen molar-refractivity contribution in [2.45, 2.75) is 353 Å². The minimum absolute atomic E-state index is 0.307. The molecule has 3 unspecified atom stereocenters. The second-order valence-corrected chi connectivity index (χ2v) is 20.2. The van der Waals surface area contributed by atoms with Gasteiger partial charge in [0.1, 0.15) is 6.10 Å². The van der Waals surface area contributed by atoms with Crippen molar-refractivity contribution in [2.24, 2.45) is 0 Å². The summed E-state index contributed by atoms with van der Waals surface area (Å²) in [5.41, 5.74) is 0. The van der Waals surface area contributed by atoms with Crippen LogP contribution in [0.2, 0.25) is 0 Å². The van der Waals surface area contributed by atoms with E-state index >= 15 is 0 Å². The van der Waals surface area contributed by atoms with Gasteiger partial charge in [0.05, 0.1) is 18.8 Å². The third-order valence-electron chi connectivity index (χ3n) is 14.0. The predicted molar refractivity (Wildman–Crippen MR) is 273 cm³/mol. The Bertz CT molecular complexity index is 838. The van der Waals surface area contributed by atoms with E-state index in [-0.39, 0.29) is 6.61 Å². The molecule has 0 aliphatic rings. The number of hydrogen-bond donors (Lipinski definition) is 4. The molecule has 0 spiro atoms. The highest BCUT2D eigenvalue weighted by atomic mass is 16.3. The van der Waals surface area contributed by atoms with Crippen LogP contribution in [0.1, 0.15) is 335 Å². The highest BCUT2D eigenvalue weighted by molar-refractivity contribution is 5.80. The molecule has 0 aliphatic heterocycles. The molecule has 0 aromatic heterocycles. The molecule has 0 radical (unpaired) electrons. The zero-order valence-corrected chi connectivity index (χ0v) is 42.5. The van der Waals surface area contributed by atoms with E-state index in [2.05, 4.69) is 19.2 Å². The van der Waals surface area contributed by atoms with Gasteiger partial charge in [0.25, 0.3) is 0 Å². The molecule has 372 valence electrons. The first-order valence-electron chi connectivity index (χ1n) is 28.8. The summed E-state index contributed by atoms with van der Waals surface area (Å²) in [7, 11) is 0. The SMILES string of the molecule is CCCCCCCCCCCCCCCCCCCCCCCCCCCCCCCCC(O)C(=O)NC(CO)C(O)CCCCCCCCCCCCCCCCCCCC. The minimum Gasteiger partial charge on any atom is -0.394 e. The molecule has 0 rings (SSSR count). The zero-order chi connectivity index (χ0) is 45.1. The zero-order valence-electron chi connectivity index (χ0n) is 42.5. The predicted octanol–water partition coefficient (Wildman–Crippen LogP) is 17.7. The fourth-order valence-electron chi connectivity index (χ4n) is 9.49. The number of nitrogens with one attached hydrogen (secondary N) is 1. The maximum atomic E-state index is 12.6. The van der Waals surface area contributed by atoms with Crippen LogP contribution in [0.4, 0.5) is 0 Å². The lowest BCUT2D eigenvalue weighted by Gasteiger charge is -2.23. The second-order valence-electron chi connectivity index (χ2n) is 20.2. The summed E-state index contributed by atoms with van der Waals surface area (Å²) in [5, 5.41) is 33.5. The van der Waals surface area contributed by atoms with Crippen LogP contribution in [-0.2, 0) is 4.79 Å². The summed E-state index contributed by atoms with van der Waals surface area (Å²) in [6.07, 6.45) is 64.4. The van der Waals surface area contributed by atoms with E-state index in [0.29, 0.717) is 12.8 Å². The lowest BCUT2D eigenvalue weighted by atomic mass is 10.0. The lowest BCUT2D eigenvalue weighted by Crippen LogP contribution is -2.49. The summed E-state index contributed by atoms with van der Waals surface area (Å²) in [4.78, 5) is 12.6. The van der Waals surface area contributed by atoms with Crippen LogP contribution < -0.4 is 5.32 Å². The molecular weight excluding hydrogens is 763 g/mol. The summed E-state index contributed by atoms with van der Waals surface area (Å²) in [6, 6.07) is -0.707. The van der Waals surface area contributed by atoms with Gasteiger partial charge in [0.15, 0.2) is 0 Å². The fraction of sp³-hybridized carbons (Fsp3) is 0.982. The summed E-state index contributed by atoms with van der Waals surface area (Å²) in [6.45, 7) is 4.28. The Hall–Kier alpha value is -0.650. The first-order valence-corrected chi connectivity index (χ1v) is 28.8. The number of rotatable bonds is 54. The van der Waals surface area contributed by atoms with Crippen molar-refractivity contribution in [1.29, 1.82) is 0 Å². The highest BCUT2D eigenvalue weighted by Crippen LogP contribution is 2.19. The molecule has 0 bridgehead atoms. The van der Waals surface area contributed by atoms with Crippen molar-refractivity contribution in [1.82, 2.24) is 5.32 Å². The standard InChI is InChI=1S/C57H115NO4/c1-3-5-7-9-11-13-15-17-19-21-23-24-25-26-27-28-29-30-31-32-33-34-36-38-40-42-44-46-48-50-52-56(61)57(62)58-54(53-59)55(60)51-49-47-45-43-41-39-37-35-22-20-18-16-14-12-10-8-6-4-2/h54-56,59-61H,3-53H2,1-2H3,(H,58,62). The Morgan fingerprint density at radius 3 is 0.726 bits per heavy atom. The van der Waals surface area contributed by atoms with E-state index in [4.69, 9.17) is 0 Å². The van der Waals surface area contributed by atoms with Crippen LogP contribution >= 0.6 is 0 Å². The van der Waals surface area contributed by atoms with Gasteiger partial charge in [-0.15, -0.1) is 0 Å². The molecule has 1 amide bonds. The number of amides is 1. The Kier molecular flexibility index (Phi) is 52.4.